The van der Waals surface area contributed by atoms with Gasteiger partial charge in [0.25, 0.3) is 0 Å². The van der Waals surface area contributed by atoms with E-state index >= 15 is 0 Å². The van der Waals surface area contributed by atoms with Crippen LogP contribution in [0.3, 0.4) is 0 Å². The van der Waals surface area contributed by atoms with E-state index in [4.69, 9.17) is 5.26 Å². The molecule has 1 atom stereocenters. The molecule has 0 aliphatic carbocycles. The molecule has 13 heavy (non-hydrogen) atoms. The first-order valence-electron chi connectivity index (χ1n) is 3.79. The van der Waals surface area contributed by atoms with E-state index in [-0.39, 0.29) is 12.2 Å². The zero-order chi connectivity index (χ0) is 10.1. The fourth-order valence-electron chi connectivity index (χ4n) is 1.51. The van der Waals surface area contributed by atoms with Gasteiger partial charge in [0.2, 0.25) is 6.43 Å². The molecule has 1 fully saturated rings. The SMILES string of the molecule is N#CC1(CC(F)F)CCS(=O)(=O)C1. The normalized spacial score (nSPS) is 31.8. The van der Waals surface area contributed by atoms with Gasteiger partial charge in [0.1, 0.15) is 0 Å². The highest BCUT2D eigenvalue weighted by Gasteiger charge is 2.44. The van der Waals surface area contributed by atoms with Gasteiger partial charge in [-0.25, -0.2) is 17.2 Å². The molecule has 1 heterocycles. The quantitative estimate of drug-likeness (QED) is 0.680. The first kappa shape index (κ1) is 10.4. The van der Waals surface area contributed by atoms with Gasteiger partial charge < -0.3 is 0 Å². The molecule has 0 bridgehead atoms. The summed E-state index contributed by atoms with van der Waals surface area (Å²) in [4.78, 5) is 0. The Kier molecular flexibility index (Phi) is 2.57. The van der Waals surface area contributed by atoms with E-state index in [0.717, 1.165) is 0 Å². The Labute approximate surface area is 75.3 Å². The molecule has 1 saturated heterocycles. The van der Waals surface area contributed by atoms with Crippen LogP contribution in [0.4, 0.5) is 8.78 Å². The topological polar surface area (TPSA) is 57.9 Å². The number of rotatable bonds is 2. The van der Waals surface area contributed by atoms with E-state index < -0.39 is 33.9 Å². The Hall–Kier alpha value is -0.700. The number of sulfone groups is 1. The van der Waals surface area contributed by atoms with Gasteiger partial charge in [-0.3, -0.25) is 0 Å². The molecule has 0 radical (unpaired) electrons. The first-order valence-corrected chi connectivity index (χ1v) is 5.61. The van der Waals surface area contributed by atoms with Crippen molar-refractivity contribution < 1.29 is 17.2 Å². The monoisotopic (exact) mass is 209 g/mol. The number of hydrogen-bond acceptors (Lipinski definition) is 3. The van der Waals surface area contributed by atoms with E-state index in [1.165, 1.54) is 0 Å². The van der Waals surface area contributed by atoms with E-state index in [1.54, 1.807) is 6.07 Å². The minimum Gasteiger partial charge on any atom is -0.229 e. The summed E-state index contributed by atoms with van der Waals surface area (Å²) in [6.45, 7) is 0. The maximum absolute atomic E-state index is 12.0. The van der Waals surface area contributed by atoms with Crippen LogP contribution in [-0.2, 0) is 9.84 Å². The molecular weight excluding hydrogens is 200 g/mol. The van der Waals surface area contributed by atoms with Gasteiger partial charge in [-0.15, -0.1) is 0 Å². The Balaban J connectivity index is 2.82. The second-order valence-electron chi connectivity index (χ2n) is 3.33. The molecule has 0 aromatic rings. The summed E-state index contributed by atoms with van der Waals surface area (Å²) in [5.41, 5.74) is -1.34. The third-order valence-electron chi connectivity index (χ3n) is 2.17. The van der Waals surface area contributed by atoms with Crippen LogP contribution in [-0.4, -0.2) is 26.3 Å². The van der Waals surface area contributed by atoms with Gasteiger partial charge in [0, 0.05) is 6.42 Å². The van der Waals surface area contributed by atoms with E-state index in [0.29, 0.717) is 0 Å². The maximum atomic E-state index is 12.0. The van der Waals surface area contributed by atoms with Gasteiger partial charge in [0.05, 0.1) is 23.0 Å². The van der Waals surface area contributed by atoms with Crippen LogP contribution < -0.4 is 0 Å². The van der Waals surface area contributed by atoms with Crippen molar-refractivity contribution in [3.63, 3.8) is 0 Å². The first-order chi connectivity index (χ1) is 5.89. The second kappa shape index (κ2) is 3.22. The van der Waals surface area contributed by atoms with Gasteiger partial charge in [-0.2, -0.15) is 5.26 Å². The fraction of sp³-hybridized carbons (Fsp3) is 0.857. The predicted molar refractivity (Wildman–Crippen MR) is 41.9 cm³/mol. The Morgan fingerprint density at radius 3 is 2.46 bits per heavy atom. The number of nitriles is 1. The average molecular weight is 209 g/mol. The van der Waals surface area contributed by atoms with Crippen molar-refractivity contribution in [2.75, 3.05) is 11.5 Å². The zero-order valence-electron chi connectivity index (χ0n) is 6.83. The maximum Gasteiger partial charge on any atom is 0.240 e. The number of hydrogen-bond donors (Lipinski definition) is 0. The average Bonchev–Trinajstić information content (AvgIpc) is 2.26. The molecule has 1 rings (SSSR count). The number of nitrogens with zero attached hydrogens (tertiary/aromatic N) is 1. The summed E-state index contributed by atoms with van der Waals surface area (Å²) in [6.07, 6.45) is -3.22. The van der Waals surface area contributed by atoms with Crippen molar-refractivity contribution in [3.05, 3.63) is 0 Å². The minimum atomic E-state index is -3.27. The van der Waals surface area contributed by atoms with Crippen LogP contribution in [0, 0.1) is 16.7 Å². The number of halogens is 2. The summed E-state index contributed by atoms with van der Waals surface area (Å²) in [7, 11) is -3.27. The van der Waals surface area contributed by atoms with Crippen LogP contribution in [0.5, 0.6) is 0 Å². The van der Waals surface area contributed by atoms with Crippen molar-refractivity contribution in [1.82, 2.24) is 0 Å². The van der Waals surface area contributed by atoms with Crippen LogP contribution in [0.1, 0.15) is 12.8 Å². The van der Waals surface area contributed by atoms with Gasteiger partial charge in [-0.05, 0) is 6.42 Å². The van der Waals surface area contributed by atoms with Crippen LogP contribution in [0.15, 0.2) is 0 Å². The summed E-state index contributed by atoms with van der Waals surface area (Å²) in [5.74, 6) is -0.561. The molecule has 0 aromatic carbocycles. The lowest BCUT2D eigenvalue weighted by Gasteiger charge is -2.16. The summed E-state index contributed by atoms with van der Waals surface area (Å²) in [6, 6.07) is 1.71. The van der Waals surface area contributed by atoms with E-state index in [2.05, 4.69) is 0 Å². The second-order valence-corrected chi connectivity index (χ2v) is 5.51. The lowest BCUT2D eigenvalue weighted by atomic mass is 9.86. The van der Waals surface area contributed by atoms with Gasteiger partial charge in [0.15, 0.2) is 9.84 Å². The third-order valence-corrected chi connectivity index (χ3v) is 3.99. The summed E-state index contributed by atoms with van der Waals surface area (Å²) < 4.78 is 46.0. The molecule has 1 unspecified atom stereocenters. The Morgan fingerprint density at radius 2 is 2.15 bits per heavy atom. The zero-order valence-corrected chi connectivity index (χ0v) is 7.65. The van der Waals surface area contributed by atoms with Crippen LogP contribution >= 0.6 is 0 Å². The van der Waals surface area contributed by atoms with Crippen molar-refractivity contribution in [2.24, 2.45) is 5.41 Å². The van der Waals surface area contributed by atoms with Crippen molar-refractivity contribution in [1.29, 1.82) is 5.26 Å². The smallest absolute Gasteiger partial charge is 0.229 e. The van der Waals surface area contributed by atoms with Crippen molar-refractivity contribution in [2.45, 2.75) is 19.3 Å². The molecule has 74 valence electrons. The van der Waals surface area contributed by atoms with Gasteiger partial charge in [-0.1, -0.05) is 0 Å². The van der Waals surface area contributed by atoms with Crippen LogP contribution in [0.25, 0.3) is 0 Å². The van der Waals surface area contributed by atoms with Gasteiger partial charge >= 0.3 is 0 Å². The molecule has 0 spiro atoms. The highest BCUT2D eigenvalue weighted by Crippen LogP contribution is 2.36. The lowest BCUT2D eigenvalue weighted by Crippen LogP contribution is -2.23. The summed E-state index contributed by atoms with van der Waals surface area (Å²) >= 11 is 0. The fourth-order valence-corrected chi connectivity index (χ4v) is 3.52. The standard InChI is InChI=1S/C7H9F2NO2S/c8-6(9)3-7(4-10)1-2-13(11,12)5-7/h6H,1-3,5H2. The molecule has 3 nitrogen and oxygen atoms in total. The summed E-state index contributed by atoms with van der Waals surface area (Å²) in [5, 5.41) is 8.65. The van der Waals surface area contributed by atoms with E-state index in [9.17, 15) is 17.2 Å². The molecule has 0 aromatic heterocycles. The Morgan fingerprint density at radius 1 is 1.54 bits per heavy atom. The highest BCUT2D eigenvalue weighted by atomic mass is 32.2. The molecule has 0 saturated carbocycles. The molecule has 6 heteroatoms. The molecule has 1 aliphatic rings. The largest absolute Gasteiger partial charge is 0.240 e. The molecular formula is C7H9F2NO2S. The number of alkyl halides is 2. The highest BCUT2D eigenvalue weighted by molar-refractivity contribution is 7.91. The minimum absolute atomic E-state index is 0.0379. The molecule has 0 N–H and O–H groups in total. The third kappa shape index (κ3) is 2.37. The van der Waals surface area contributed by atoms with Crippen molar-refractivity contribution >= 4 is 9.84 Å². The molecule has 0 amide bonds. The Bertz CT molecular complexity index is 333. The molecule has 1 aliphatic heterocycles. The van der Waals surface area contributed by atoms with Crippen molar-refractivity contribution in [3.8, 4) is 6.07 Å². The predicted octanol–water partition coefficient (Wildman–Crippen LogP) is 0.970. The van der Waals surface area contributed by atoms with E-state index in [1.807, 2.05) is 0 Å². The van der Waals surface area contributed by atoms with Crippen LogP contribution in [0.2, 0.25) is 0 Å². The lowest BCUT2D eigenvalue weighted by molar-refractivity contribution is 0.102.